The van der Waals surface area contributed by atoms with E-state index in [-0.39, 0.29) is 59.4 Å². The molecule has 206 valence electrons. The lowest BCUT2D eigenvalue weighted by Crippen LogP contribution is -2.57. The molecule has 0 saturated heterocycles. The highest BCUT2D eigenvalue weighted by Crippen LogP contribution is 2.70. The lowest BCUT2D eigenvalue weighted by atomic mass is 9.43. The molecule has 2 fully saturated rings. The summed E-state index contributed by atoms with van der Waals surface area (Å²) in [6.45, 7) is 13.6. The van der Waals surface area contributed by atoms with Crippen molar-refractivity contribution in [2.45, 2.75) is 106 Å². The molecule has 0 aromatic rings. The van der Waals surface area contributed by atoms with Crippen LogP contribution in [0.1, 0.15) is 93.4 Å². The molecule has 0 amide bonds. The maximum Gasteiger partial charge on any atom is 0.309 e. The van der Waals surface area contributed by atoms with E-state index in [0.29, 0.717) is 12.8 Å². The fourth-order valence-corrected chi connectivity index (χ4v) is 9.16. The molecular formula is C30H44O7. The van der Waals surface area contributed by atoms with Crippen molar-refractivity contribution in [2.75, 3.05) is 0 Å². The Balaban J connectivity index is 1.71. The number of carbonyl (C=O) groups is 4. The van der Waals surface area contributed by atoms with Gasteiger partial charge >= 0.3 is 5.97 Å². The van der Waals surface area contributed by atoms with Crippen LogP contribution in [0.4, 0.5) is 0 Å². The summed E-state index contributed by atoms with van der Waals surface area (Å²) in [4.78, 5) is 51.9. The molecule has 0 heterocycles. The van der Waals surface area contributed by atoms with Gasteiger partial charge in [0.15, 0.2) is 11.6 Å². The number of hydrogen-bond donors (Lipinski definition) is 3. The molecular weight excluding hydrogens is 472 g/mol. The van der Waals surface area contributed by atoms with Gasteiger partial charge in [-0.1, -0.05) is 34.6 Å². The number of Topliss-reactive ketones (excluding diaryl/α,β-unsaturated/α-hetero) is 3. The fraction of sp³-hybridized carbons (Fsp3) is 0.800. The maximum absolute atomic E-state index is 14.0. The number of hydrogen-bond acceptors (Lipinski definition) is 6. The molecule has 4 aliphatic rings. The van der Waals surface area contributed by atoms with Crippen LogP contribution in [0.5, 0.6) is 0 Å². The highest BCUT2D eigenvalue weighted by molar-refractivity contribution is 6.05. The summed E-state index contributed by atoms with van der Waals surface area (Å²) in [6, 6.07) is 0. The second-order valence-corrected chi connectivity index (χ2v) is 13.8. The molecule has 7 heteroatoms. The lowest BCUT2D eigenvalue weighted by molar-refractivity contribution is -0.150. The second kappa shape index (κ2) is 8.84. The molecule has 0 aromatic heterocycles. The Kier molecular flexibility index (Phi) is 6.72. The molecule has 0 spiro atoms. The Morgan fingerprint density at radius 3 is 2.27 bits per heavy atom. The van der Waals surface area contributed by atoms with Gasteiger partial charge in [0.25, 0.3) is 0 Å². The van der Waals surface area contributed by atoms with Gasteiger partial charge in [-0.15, -0.1) is 0 Å². The zero-order valence-electron chi connectivity index (χ0n) is 23.4. The largest absolute Gasteiger partial charge is 0.481 e. The molecule has 9 atom stereocenters. The SMILES string of the molecule is C[C@H](CC(=O)[C@H](O)[C@@H](C)C(=O)O)[C@H]1CC(=O)[C@@]2(C)C3=C(C(=O)C[C@]12C)[C@@]1(C)CC[C@H](O)C(C)(C)[C@H]1CC3. The quantitative estimate of drug-likeness (QED) is 0.484. The Labute approximate surface area is 220 Å². The standard InChI is InChI=1S/C30H44O7/c1-15(12-19(31)25(35)16(2)26(36)37)18-13-23(34)30(7)17-8-9-21-27(3,4)22(33)10-11-28(21,5)24(17)20(32)14-29(18,30)6/h15-16,18,21-22,25,33,35H,8-14H2,1-7H3,(H,36,37)/t15-,16-,18-,21-,22+,25-,28+,29-,30-/m1/s1. The van der Waals surface area contributed by atoms with Crippen LogP contribution in [0, 0.1) is 45.3 Å². The van der Waals surface area contributed by atoms with Crippen LogP contribution in [0.15, 0.2) is 11.1 Å². The van der Waals surface area contributed by atoms with Crippen molar-refractivity contribution < 1.29 is 34.5 Å². The number of fused-ring (bicyclic) bond motifs is 4. The number of allylic oxidation sites excluding steroid dienone is 2. The summed E-state index contributed by atoms with van der Waals surface area (Å²) in [5, 5.41) is 30.2. The van der Waals surface area contributed by atoms with Gasteiger partial charge < -0.3 is 15.3 Å². The number of aliphatic carboxylic acids is 1. The number of carboxylic acid groups (broad SMARTS) is 1. The molecule has 0 aliphatic heterocycles. The minimum atomic E-state index is -1.60. The Bertz CT molecular complexity index is 1070. The highest BCUT2D eigenvalue weighted by atomic mass is 16.4. The molecule has 2 saturated carbocycles. The summed E-state index contributed by atoms with van der Waals surface area (Å²) in [5.74, 6) is -3.14. The summed E-state index contributed by atoms with van der Waals surface area (Å²) < 4.78 is 0. The number of carbonyl (C=O) groups excluding carboxylic acids is 3. The molecule has 0 aromatic carbocycles. The van der Waals surface area contributed by atoms with Crippen molar-refractivity contribution in [3.8, 4) is 0 Å². The zero-order chi connectivity index (χ0) is 27.9. The minimum absolute atomic E-state index is 0.0334. The van der Waals surface area contributed by atoms with Gasteiger partial charge in [-0.2, -0.15) is 0 Å². The average molecular weight is 517 g/mol. The Morgan fingerprint density at radius 2 is 1.68 bits per heavy atom. The highest BCUT2D eigenvalue weighted by Gasteiger charge is 2.68. The van der Waals surface area contributed by atoms with E-state index in [1.54, 1.807) is 0 Å². The Morgan fingerprint density at radius 1 is 1.05 bits per heavy atom. The zero-order valence-corrected chi connectivity index (χ0v) is 23.4. The Hall–Kier alpha value is -1.86. The molecule has 0 unspecified atom stereocenters. The summed E-state index contributed by atoms with van der Waals surface area (Å²) in [5.41, 5.74) is -0.363. The van der Waals surface area contributed by atoms with Crippen LogP contribution in [0.2, 0.25) is 0 Å². The van der Waals surface area contributed by atoms with Crippen molar-refractivity contribution in [3.05, 3.63) is 11.1 Å². The van der Waals surface area contributed by atoms with E-state index in [9.17, 15) is 34.5 Å². The van der Waals surface area contributed by atoms with E-state index in [2.05, 4.69) is 20.8 Å². The third kappa shape index (κ3) is 3.74. The summed E-state index contributed by atoms with van der Waals surface area (Å²) in [6.07, 6.45) is 1.28. The van der Waals surface area contributed by atoms with E-state index < -0.39 is 40.7 Å². The lowest BCUT2D eigenvalue weighted by Gasteiger charge is -2.60. The van der Waals surface area contributed by atoms with E-state index in [1.807, 2.05) is 20.8 Å². The van der Waals surface area contributed by atoms with E-state index >= 15 is 0 Å². The van der Waals surface area contributed by atoms with Crippen LogP contribution < -0.4 is 0 Å². The number of aliphatic hydroxyl groups excluding tert-OH is 2. The molecule has 37 heavy (non-hydrogen) atoms. The van der Waals surface area contributed by atoms with Gasteiger partial charge in [0.1, 0.15) is 11.9 Å². The van der Waals surface area contributed by atoms with Crippen molar-refractivity contribution in [1.82, 2.24) is 0 Å². The number of aliphatic hydroxyl groups is 2. The van der Waals surface area contributed by atoms with Crippen molar-refractivity contribution in [1.29, 1.82) is 0 Å². The predicted octanol–water partition coefficient (Wildman–Crippen LogP) is 4.13. The first kappa shape index (κ1) is 28.2. The fourth-order valence-electron chi connectivity index (χ4n) is 9.16. The van der Waals surface area contributed by atoms with Gasteiger partial charge in [-0.25, -0.2) is 0 Å². The van der Waals surface area contributed by atoms with Crippen LogP contribution in [0.25, 0.3) is 0 Å². The predicted molar refractivity (Wildman–Crippen MR) is 137 cm³/mol. The molecule has 7 nitrogen and oxygen atoms in total. The van der Waals surface area contributed by atoms with E-state index in [4.69, 9.17) is 0 Å². The number of ketones is 3. The third-order valence-electron chi connectivity index (χ3n) is 11.8. The molecule has 4 rings (SSSR count). The van der Waals surface area contributed by atoms with Crippen LogP contribution in [-0.2, 0) is 19.2 Å². The molecule has 0 radical (unpaired) electrons. The molecule has 0 bridgehead atoms. The monoisotopic (exact) mass is 516 g/mol. The van der Waals surface area contributed by atoms with Crippen molar-refractivity contribution >= 4 is 23.3 Å². The van der Waals surface area contributed by atoms with E-state index in [0.717, 1.165) is 24.0 Å². The van der Waals surface area contributed by atoms with Crippen LogP contribution in [0.3, 0.4) is 0 Å². The van der Waals surface area contributed by atoms with Gasteiger partial charge in [0.05, 0.1) is 17.4 Å². The van der Waals surface area contributed by atoms with Crippen LogP contribution in [-0.4, -0.2) is 50.8 Å². The van der Waals surface area contributed by atoms with Gasteiger partial charge in [0, 0.05) is 24.8 Å². The average Bonchev–Trinajstić information content (AvgIpc) is 3.01. The summed E-state index contributed by atoms with van der Waals surface area (Å²) in [7, 11) is 0. The van der Waals surface area contributed by atoms with Crippen molar-refractivity contribution in [3.63, 3.8) is 0 Å². The first-order valence-electron chi connectivity index (χ1n) is 13.9. The third-order valence-corrected chi connectivity index (χ3v) is 11.8. The summed E-state index contributed by atoms with van der Waals surface area (Å²) >= 11 is 0. The topological polar surface area (TPSA) is 129 Å². The van der Waals surface area contributed by atoms with Crippen molar-refractivity contribution in [2.24, 2.45) is 45.3 Å². The molecule has 3 N–H and O–H groups in total. The first-order valence-corrected chi connectivity index (χ1v) is 13.9. The molecule has 4 aliphatic carbocycles. The van der Waals surface area contributed by atoms with Gasteiger partial charge in [-0.3, -0.25) is 19.2 Å². The van der Waals surface area contributed by atoms with E-state index in [1.165, 1.54) is 6.92 Å². The van der Waals surface area contributed by atoms with Gasteiger partial charge in [-0.05, 0) is 79.1 Å². The normalized spacial score (nSPS) is 41.4. The first-order chi connectivity index (χ1) is 16.9. The maximum atomic E-state index is 14.0. The smallest absolute Gasteiger partial charge is 0.309 e. The van der Waals surface area contributed by atoms with Gasteiger partial charge in [0.2, 0.25) is 0 Å². The number of rotatable bonds is 6. The minimum Gasteiger partial charge on any atom is -0.481 e. The number of carboxylic acids is 1. The van der Waals surface area contributed by atoms with Crippen LogP contribution >= 0.6 is 0 Å². The second-order valence-electron chi connectivity index (χ2n) is 13.8.